The number of methoxy groups -OCH3 is 3. The molecule has 2 N–H and O–H groups in total. The lowest BCUT2D eigenvalue weighted by Crippen LogP contribution is -2.45. The van der Waals surface area contributed by atoms with Crippen molar-refractivity contribution in [3.05, 3.63) is 18.2 Å². The zero-order valence-electron chi connectivity index (χ0n) is 13.9. The van der Waals surface area contributed by atoms with Gasteiger partial charge in [0.15, 0.2) is 5.11 Å². The van der Waals surface area contributed by atoms with Crippen LogP contribution in [0.1, 0.15) is 0 Å². The van der Waals surface area contributed by atoms with E-state index < -0.39 is 0 Å². The lowest BCUT2D eigenvalue weighted by Gasteiger charge is -2.20. The highest BCUT2D eigenvalue weighted by Gasteiger charge is 2.48. The second-order valence-corrected chi connectivity index (χ2v) is 6.08. The van der Waals surface area contributed by atoms with Crippen molar-refractivity contribution < 1.29 is 23.7 Å². The van der Waals surface area contributed by atoms with Crippen LogP contribution < -0.4 is 20.1 Å². The molecule has 2 saturated heterocycles. The summed E-state index contributed by atoms with van der Waals surface area (Å²) in [4.78, 5) is 0. The van der Waals surface area contributed by atoms with Crippen LogP contribution in [0.3, 0.4) is 0 Å². The molecule has 0 amide bonds. The lowest BCUT2D eigenvalue weighted by molar-refractivity contribution is -0.00798. The van der Waals surface area contributed by atoms with Crippen LogP contribution in [0, 0.1) is 0 Å². The van der Waals surface area contributed by atoms with Gasteiger partial charge in [0.2, 0.25) is 0 Å². The Labute approximate surface area is 146 Å². The Kier molecular flexibility index (Phi) is 5.40. The van der Waals surface area contributed by atoms with Gasteiger partial charge in [-0.15, -0.1) is 0 Å². The Bertz CT molecular complexity index is 578. The molecule has 8 heteroatoms. The highest BCUT2D eigenvalue weighted by atomic mass is 32.1. The van der Waals surface area contributed by atoms with Crippen molar-refractivity contribution in [1.82, 2.24) is 5.32 Å². The molecule has 3 rings (SSSR count). The topological polar surface area (TPSA) is 70.2 Å². The molecule has 2 heterocycles. The monoisotopic (exact) mass is 354 g/mol. The maximum absolute atomic E-state index is 5.78. The van der Waals surface area contributed by atoms with Crippen LogP contribution >= 0.6 is 12.2 Å². The second-order valence-electron chi connectivity index (χ2n) is 5.68. The number of ether oxygens (including phenoxy) is 5. The fourth-order valence-electron chi connectivity index (χ4n) is 3.01. The molecule has 1 aromatic rings. The number of fused-ring (bicyclic) bond motifs is 1. The summed E-state index contributed by atoms with van der Waals surface area (Å²) in [6.07, 6.45) is -0.132. The molecule has 2 aliphatic rings. The van der Waals surface area contributed by atoms with Crippen molar-refractivity contribution in [3.8, 4) is 11.5 Å². The number of nitrogens with one attached hydrogen (secondary N) is 2. The minimum Gasteiger partial charge on any atom is -0.497 e. The Hall–Kier alpha value is -1.61. The molecule has 0 aliphatic carbocycles. The molecular weight excluding hydrogens is 332 g/mol. The predicted octanol–water partition coefficient (Wildman–Crippen LogP) is 1.17. The van der Waals surface area contributed by atoms with Crippen LogP contribution in [0.15, 0.2) is 18.2 Å². The summed E-state index contributed by atoms with van der Waals surface area (Å²) in [5, 5.41) is 6.88. The maximum atomic E-state index is 5.78. The van der Waals surface area contributed by atoms with E-state index in [4.69, 9.17) is 35.9 Å². The SMILES string of the molecule is COc1cc(NC(=S)NC2COC3C(OC)COC23)cc(OC)c1. The van der Waals surface area contributed by atoms with E-state index in [1.807, 2.05) is 12.1 Å². The lowest BCUT2D eigenvalue weighted by atomic mass is 10.1. The van der Waals surface area contributed by atoms with E-state index >= 15 is 0 Å². The van der Waals surface area contributed by atoms with E-state index in [-0.39, 0.29) is 24.4 Å². The molecular formula is C16H22N2O5S. The summed E-state index contributed by atoms with van der Waals surface area (Å²) < 4.78 is 27.4. The highest BCUT2D eigenvalue weighted by Crippen LogP contribution is 2.29. The van der Waals surface area contributed by atoms with Crippen molar-refractivity contribution in [2.75, 3.05) is 39.9 Å². The molecule has 0 radical (unpaired) electrons. The summed E-state index contributed by atoms with van der Waals surface area (Å²) in [6.45, 7) is 1.07. The standard InChI is InChI=1S/C16H22N2O5S/c1-19-10-4-9(5-11(6-10)20-2)17-16(24)18-12-7-22-15-13(21-3)8-23-14(12)15/h4-6,12-15H,7-8H2,1-3H3,(H2,17,18,24). The Morgan fingerprint density at radius 2 is 1.71 bits per heavy atom. The Morgan fingerprint density at radius 1 is 1.04 bits per heavy atom. The van der Waals surface area contributed by atoms with Gasteiger partial charge >= 0.3 is 0 Å². The number of hydrogen-bond acceptors (Lipinski definition) is 6. The van der Waals surface area contributed by atoms with E-state index in [1.54, 1.807) is 27.4 Å². The first-order chi connectivity index (χ1) is 11.6. The van der Waals surface area contributed by atoms with E-state index in [1.165, 1.54) is 0 Å². The number of rotatable bonds is 5. The smallest absolute Gasteiger partial charge is 0.171 e. The third-order valence-corrected chi connectivity index (χ3v) is 4.46. The van der Waals surface area contributed by atoms with E-state index in [2.05, 4.69) is 10.6 Å². The van der Waals surface area contributed by atoms with Crippen LogP contribution in [0.25, 0.3) is 0 Å². The van der Waals surface area contributed by atoms with Gasteiger partial charge in [-0.3, -0.25) is 0 Å². The molecule has 2 aliphatic heterocycles. The molecule has 0 aromatic heterocycles. The van der Waals surface area contributed by atoms with Gasteiger partial charge in [0.25, 0.3) is 0 Å². The average molecular weight is 354 g/mol. The molecule has 24 heavy (non-hydrogen) atoms. The molecule has 1 aromatic carbocycles. The Morgan fingerprint density at radius 3 is 2.33 bits per heavy atom. The van der Waals surface area contributed by atoms with Crippen LogP contribution in [-0.2, 0) is 14.2 Å². The van der Waals surface area contributed by atoms with Crippen molar-refractivity contribution in [3.63, 3.8) is 0 Å². The summed E-state index contributed by atoms with van der Waals surface area (Å²) >= 11 is 5.40. The minimum atomic E-state index is -0.0606. The third kappa shape index (κ3) is 3.56. The first-order valence-electron chi connectivity index (χ1n) is 7.71. The number of hydrogen-bond donors (Lipinski definition) is 2. The van der Waals surface area contributed by atoms with Crippen LogP contribution in [0.4, 0.5) is 5.69 Å². The van der Waals surface area contributed by atoms with Gasteiger partial charge in [0, 0.05) is 31.0 Å². The molecule has 132 valence electrons. The summed E-state index contributed by atoms with van der Waals surface area (Å²) in [6, 6.07) is 5.48. The number of thiocarbonyl (C=S) groups is 1. The van der Waals surface area contributed by atoms with E-state index in [0.29, 0.717) is 29.8 Å². The molecule has 4 atom stereocenters. The fraction of sp³-hybridized carbons (Fsp3) is 0.562. The van der Waals surface area contributed by atoms with Crippen LogP contribution in [-0.4, -0.2) is 64.0 Å². The van der Waals surface area contributed by atoms with Gasteiger partial charge in [-0.25, -0.2) is 0 Å². The van der Waals surface area contributed by atoms with Crippen molar-refractivity contribution in [1.29, 1.82) is 0 Å². The normalized spacial score (nSPS) is 28.3. The van der Waals surface area contributed by atoms with Crippen molar-refractivity contribution in [2.45, 2.75) is 24.4 Å². The first kappa shape index (κ1) is 17.2. The third-order valence-electron chi connectivity index (χ3n) is 4.24. The fourth-order valence-corrected chi connectivity index (χ4v) is 3.27. The van der Waals surface area contributed by atoms with Gasteiger partial charge < -0.3 is 34.3 Å². The summed E-state index contributed by atoms with van der Waals surface area (Å²) in [7, 11) is 4.88. The van der Waals surface area contributed by atoms with Gasteiger partial charge in [-0.05, 0) is 12.2 Å². The van der Waals surface area contributed by atoms with Crippen LogP contribution in [0.2, 0.25) is 0 Å². The number of anilines is 1. The van der Waals surface area contributed by atoms with Gasteiger partial charge in [-0.2, -0.15) is 0 Å². The van der Waals surface area contributed by atoms with Crippen molar-refractivity contribution in [2.24, 2.45) is 0 Å². The molecule has 7 nitrogen and oxygen atoms in total. The molecule has 0 bridgehead atoms. The van der Waals surface area contributed by atoms with Gasteiger partial charge in [-0.1, -0.05) is 0 Å². The van der Waals surface area contributed by atoms with E-state index in [0.717, 1.165) is 5.69 Å². The zero-order valence-corrected chi connectivity index (χ0v) is 14.7. The minimum absolute atomic E-state index is 0.0114. The highest BCUT2D eigenvalue weighted by molar-refractivity contribution is 7.80. The van der Waals surface area contributed by atoms with Crippen molar-refractivity contribution >= 4 is 23.0 Å². The van der Waals surface area contributed by atoms with Gasteiger partial charge in [0.05, 0.1) is 33.5 Å². The number of benzene rings is 1. The molecule has 2 fully saturated rings. The largest absolute Gasteiger partial charge is 0.497 e. The van der Waals surface area contributed by atoms with E-state index in [9.17, 15) is 0 Å². The zero-order chi connectivity index (χ0) is 17.1. The average Bonchev–Trinajstić information content (AvgIpc) is 3.17. The molecule has 4 unspecified atom stereocenters. The molecule has 0 saturated carbocycles. The van der Waals surface area contributed by atoms with Crippen LogP contribution in [0.5, 0.6) is 11.5 Å². The quantitative estimate of drug-likeness (QED) is 0.764. The predicted molar refractivity (Wildman–Crippen MR) is 93.0 cm³/mol. The first-order valence-corrected chi connectivity index (χ1v) is 8.12. The molecule has 0 spiro atoms. The summed E-state index contributed by atoms with van der Waals surface area (Å²) in [5.74, 6) is 1.37. The summed E-state index contributed by atoms with van der Waals surface area (Å²) in [5.41, 5.74) is 0.779. The van der Waals surface area contributed by atoms with Gasteiger partial charge in [0.1, 0.15) is 29.8 Å². The maximum Gasteiger partial charge on any atom is 0.171 e. The Balaban J connectivity index is 1.60. The second kappa shape index (κ2) is 7.52.